The van der Waals surface area contributed by atoms with Gasteiger partial charge in [0, 0.05) is 12.8 Å². The molecule has 4 nitrogen and oxygen atoms in total. The van der Waals surface area contributed by atoms with E-state index in [1.165, 1.54) is 12.8 Å². The van der Waals surface area contributed by atoms with Gasteiger partial charge in [-0.15, -0.1) is 0 Å². The van der Waals surface area contributed by atoms with E-state index >= 15 is 0 Å². The predicted molar refractivity (Wildman–Crippen MR) is 98.6 cm³/mol. The molecule has 0 aliphatic heterocycles. The minimum atomic E-state index is -1.69. The van der Waals surface area contributed by atoms with Crippen LogP contribution >= 0.6 is 0 Å². The van der Waals surface area contributed by atoms with Crippen molar-refractivity contribution in [2.45, 2.75) is 84.5 Å². The summed E-state index contributed by atoms with van der Waals surface area (Å²) in [7, 11) is -1.69. The second-order valence-corrected chi connectivity index (χ2v) is 14.2. The maximum absolute atomic E-state index is 11.6. The van der Waals surface area contributed by atoms with E-state index in [1.807, 2.05) is 27.0 Å². The van der Waals surface area contributed by atoms with E-state index in [9.17, 15) is 4.79 Å². The maximum Gasteiger partial charge on any atom is 0.328 e. The third kappa shape index (κ3) is 7.17. The molecular formula is C18H35NO3Si. The number of nitrogens with zero attached hydrogens (tertiary/aromatic N) is 1. The van der Waals surface area contributed by atoms with Gasteiger partial charge in [0.2, 0.25) is 0 Å². The molecule has 23 heavy (non-hydrogen) atoms. The van der Waals surface area contributed by atoms with Crippen LogP contribution in [-0.2, 0) is 14.0 Å². The third-order valence-electron chi connectivity index (χ3n) is 4.80. The first-order chi connectivity index (χ1) is 10.3. The topological polar surface area (TPSA) is 47.9 Å². The van der Waals surface area contributed by atoms with Gasteiger partial charge in [-0.2, -0.15) is 0 Å². The summed E-state index contributed by atoms with van der Waals surface area (Å²) in [5.41, 5.74) is -0.186. The molecule has 0 spiro atoms. The van der Waals surface area contributed by atoms with Crippen LogP contribution in [0.2, 0.25) is 18.1 Å². The molecule has 134 valence electrons. The lowest BCUT2D eigenvalue weighted by Crippen LogP contribution is -2.42. The molecule has 0 amide bonds. The van der Waals surface area contributed by atoms with Crippen LogP contribution in [0.3, 0.4) is 0 Å². The van der Waals surface area contributed by atoms with Crippen LogP contribution in [0.1, 0.15) is 60.8 Å². The Balaban J connectivity index is 2.37. The number of rotatable bonds is 7. The Hall–Kier alpha value is -0.683. The van der Waals surface area contributed by atoms with Gasteiger partial charge in [0.05, 0.1) is 0 Å². The van der Waals surface area contributed by atoms with E-state index in [-0.39, 0.29) is 23.0 Å². The second-order valence-electron chi connectivity index (χ2n) is 9.36. The molecule has 0 heterocycles. The Bertz CT molecular complexity index is 440. The first-order valence-corrected chi connectivity index (χ1v) is 11.5. The van der Waals surface area contributed by atoms with Crippen molar-refractivity contribution in [3.63, 3.8) is 0 Å². The van der Waals surface area contributed by atoms with Gasteiger partial charge in [0.1, 0.15) is 12.1 Å². The Morgan fingerprint density at radius 2 is 1.74 bits per heavy atom. The minimum Gasteiger partial charge on any atom is -0.459 e. The highest BCUT2D eigenvalue weighted by Crippen LogP contribution is 2.50. The fourth-order valence-electron chi connectivity index (χ4n) is 1.91. The van der Waals surface area contributed by atoms with Crippen molar-refractivity contribution in [2.24, 2.45) is 10.4 Å². The van der Waals surface area contributed by atoms with Crippen LogP contribution in [0, 0.1) is 5.41 Å². The van der Waals surface area contributed by atoms with Gasteiger partial charge < -0.3 is 9.16 Å². The Kier molecular flexibility index (Phi) is 6.25. The summed E-state index contributed by atoms with van der Waals surface area (Å²) in [4.78, 5) is 15.8. The maximum atomic E-state index is 11.6. The molecule has 0 N–H and O–H groups in total. The predicted octanol–water partition coefficient (Wildman–Crippen LogP) is 4.59. The molecule has 0 aromatic rings. The highest BCUT2D eigenvalue weighted by molar-refractivity contribution is 6.74. The Labute approximate surface area is 143 Å². The van der Waals surface area contributed by atoms with E-state index in [1.54, 1.807) is 0 Å². The molecule has 0 aromatic heterocycles. The first kappa shape index (κ1) is 20.4. The average Bonchev–Trinajstić information content (AvgIpc) is 3.10. The zero-order valence-electron chi connectivity index (χ0n) is 16.3. The van der Waals surface area contributed by atoms with Crippen molar-refractivity contribution in [2.75, 3.05) is 13.2 Å². The molecule has 1 rings (SSSR count). The zero-order valence-corrected chi connectivity index (χ0v) is 17.3. The van der Waals surface area contributed by atoms with Gasteiger partial charge >= 0.3 is 5.97 Å². The van der Waals surface area contributed by atoms with Crippen molar-refractivity contribution < 1.29 is 14.0 Å². The van der Waals surface area contributed by atoms with Crippen molar-refractivity contribution in [3.8, 4) is 0 Å². The van der Waals surface area contributed by atoms with Gasteiger partial charge in [-0.1, -0.05) is 20.8 Å². The molecular weight excluding hydrogens is 306 g/mol. The van der Waals surface area contributed by atoms with E-state index in [0.717, 1.165) is 13.0 Å². The molecule has 0 atom stereocenters. The van der Waals surface area contributed by atoms with E-state index in [4.69, 9.17) is 9.16 Å². The van der Waals surface area contributed by atoms with Crippen molar-refractivity contribution >= 4 is 20.5 Å². The first-order valence-electron chi connectivity index (χ1n) is 8.61. The van der Waals surface area contributed by atoms with Crippen LogP contribution < -0.4 is 0 Å². The number of ether oxygens (including phenoxy) is 1. The number of hydrogen-bond donors (Lipinski definition) is 0. The smallest absolute Gasteiger partial charge is 0.328 e. The molecule has 0 saturated heterocycles. The van der Waals surface area contributed by atoms with Crippen molar-refractivity contribution in [1.29, 1.82) is 0 Å². The van der Waals surface area contributed by atoms with Crippen LogP contribution in [0.4, 0.5) is 0 Å². The molecule has 1 aliphatic carbocycles. The molecule has 1 fully saturated rings. The fraction of sp³-hybridized carbons (Fsp3) is 0.889. The summed E-state index contributed by atoms with van der Waals surface area (Å²) in [5, 5.41) is 0.244. The van der Waals surface area contributed by atoms with Crippen LogP contribution in [0.15, 0.2) is 4.99 Å². The van der Waals surface area contributed by atoms with Crippen molar-refractivity contribution in [3.05, 3.63) is 0 Å². The largest absolute Gasteiger partial charge is 0.459 e. The van der Waals surface area contributed by atoms with E-state index in [2.05, 4.69) is 38.9 Å². The molecule has 0 radical (unpaired) electrons. The summed E-state index contributed by atoms with van der Waals surface area (Å²) in [6.07, 6.45) is 5.16. The lowest BCUT2D eigenvalue weighted by molar-refractivity contribution is -0.152. The molecule has 1 aliphatic rings. The highest BCUT2D eigenvalue weighted by Gasteiger charge is 2.45. The monoisotopic (exact) mass is 341 g/mol. The second kappa shape index (κ2) is 7.05. The van der Waals surface area contributed by atoms with Crippen LogP contribution in [-0.4, -0.2) is 39.3 Å². The molecule has 1 saturated carbocycles. The number of aliphatic imine (C=N–C) groups is 1. The number of carbonyl (C=O) groups excluding carboxylic acids is 1. The van der Waals surface area contributed by atoms with E-state index < -0.39 is 13.9 Å². The molecule has 5 heteroatoms. The third-order valence-corrected chi connectivity index (χ3v) is 9.27. The standard InChI is InChI=1S/C18H35NO3Si/c1-16(2,3)22-15(20)13-19-12-11-18(9-10-18)14-21-23(7,8)17(4,5)6/h12H,9-11,13-14H2,1-8H3/b19-12+. The lowest BCUT2D eigenvalue weighted by Gasteiger charge is -2.37. The van der Waals surface area contributed by atoms with Gasteiger partial charge in [-0.25, -0.2) is 0 Å². The highest BCUT2D eigenvalue weighted by atomic mass is 28.4. The molecule has 0 aromatic carbocycles. The van der Waals surface area contributed by atoms with Gasteiger partial charge in [0.15, 0.2) is 8.32 Å². The fourth-order valence-corrected chi connectivity index (χ4v) is 3.01. The van der Waals surface area contributed by atoms with E-state index in [0.29, 0.717) is 0 Å². The molecule has 0 unspecified atom stereocenters. The van der Waals surface area contributed by atoms with Crippen LogP contribution in [0.25, 0.3) is 0 Å². The van der Waals surface area contributed by atoms with Crippen LogP contribution in [0.5, 0.6) is 0 Å². The number of esters is 1. The summed E-state index contributed by atoms with van der Waals surface area (Å²) in [5.74, 6) is -0.267. The normalized spacial score (nSPS) is 18.3. The quantitative estimate of drug-likeness (QED) is 0.386. The van der Waals surface area contributed by atoms with Gasteiger partial charge in [-0.05, 0) is 63.6 Å². The summed E-state index contributed by atoms with van der Waals surface area (Å²) >= 11 is 0. The lowest BCUT2D eigenvalue weighted by atomic mass is 10.1. The summed E-state index contributed by atoms with van der Waals surface area (Å²) in [6.45, 7) is 17.9. The van der Waals surface area contributed by atoms with Gasteiger partial charge in [0.25, 0.3) is 0 Å². The molecule has 0 bridgehead atoms. The van der Waals surface area contributed by atoms with Gasteiger partial charge in [-0.3, -0.25) is 9.79 Å². The summed E-state index contributed by atoms with van der Waals surface area (Å²) < 4.78 is 11.6. The Morgan fingerprint density at radius 3 is 2.17 bits per heavy atom. The van der Waals surface area contributed by atoms with Crippen molar-refractivity contribution in [1.82, 2.24) is 0 Å². The minimum absolute atomic E-state index is 0.108. The number of carbonyl (C=O) groups is 1. The SMILES string of the molecule is CC(C)(C)OC(=O)C/N=C/CC1(CO[Si](C)(C)C(C)(C)C)CC1. The average molecular weight is 342 g/mol. The number of hydrogen-bond acceptors (Lipinski definition) is 4. The zero-order chi connectivity index (χ0) is 17.9. The Morgan fingerprint density at radius 1 is 1.17 bits per heavy atom. The summed E-state index contributed by atoms with van der Waals surface area (Å²) in [6, 6.07) is 0.